The number of rotatable bonds is 2. The van der Waals surface area contributed by atoms with Gasteiger partial charge in [0.05, 0.1) is 5.71 Å². The highest BCUT2D eigenvalue weighted by atomic mass is 16.3. The molecule has 0 saturated heterocycles. The minimum atomic E-state index is 0.173. The molecule has 0 heterocycles. The van der Waals surface area contributed by atoms with Crippen LogP contribution in [0.1, 0.15) is 11.1 Å². The maximum absolute atomic E-state index is 10.3. The molecule has 0 amide bonds. The van der Waals surface area contributed by atoms with E-state index in [0.29, 0.717) is 11.3 Å². The van der Waals surface area contributed by atoms with Crippen LogP contribution in [0.2, 0.25) is 0 Å². The van der Waals surface area contributed by atoms with Crippen molar-refractivity contribution in [1.29, 1.82) is 5.41 Å². The van der Waals surface area contributed by atoms with E-state index in [-0.39, 0.29) is 5.75 Å². The quantitative estimate of drug-likeness (QED) is 0.661. The fraction of sp³-hybridized carbons (Fsp3) is 0. The molecule has 3 rings (SSSR count). The summed E-state index contributed by atoms with van der Waals surface area (Å²) in [5.41, 5.74) is 1.70. The summed E-state index contributed by atoms with van der Waals surface area (Å²) in [6.45, 7) is 0. The molecular weight excluding hydrogens is 234 g/mol. The highest BCUT2D eigenvalue weighted by Gasteiger charge is 2.11. The second-order valence-corrected chi connectivity index (χ2v) is 4.42. The molecule has 0 aromatic heterocycles. The van der Waals surface area contributed by atoms with E-state index < -0.39 is 0 Å². The van der Waals surface area contributed by atoms with Gasteiger partial charge >= 0.3 is 0 Å². The van der Waals surface area contributed by atoms with Crippen molar-refractivity contribution in [2.24, 2.45) is 0 Å². The van der Waals surface area contributed by atoms with Crippen LogP contribution >= 0.6 is 0 Å². The number of benzene rings is 3. The zero-order valence-corrected chi connectivity index (χ0v) is 10.3. The second-order valence-electron chi connectivity index (χ2n) is 4.42. The summed E-state index contributed by atoms with van der Waals surface area (Å²) in [5, 5.41) is 20.3. The number of phenols is 1. The minimum Gasteiger partial charge on any atom is -0.507 e. The van der Waals surface area contributed by atoms with E-state index in [4.69, 9.17) is 5.41 Å². The SMILES string of the molecule is N=C(c1ccccc1)c1ccc2ccccc2c1O. The van der Waals surface area contributed by atoms with E-state index in [2.05, 4.69) is 0 Å². The Morgan fingerprint density at radius 3 is 2.26 bits per heavy atom. The number of aromatic hydroxyl groups is 1. The average molecular weight is 247 g/mol. The fourth-order valence-corrected chi connectivity index (χ4v) is 2.22. The molecule has 19 heavy (non-hydrogen) atoms. The van der Waals surface area contributed by atoms with Crippen LogP contribution in [0.15, 0.2) is 66.7 Å². The predicted molar refractivity (Wildman–Crippen MR) is 78.0 cm³/mol. The standard InChI is InChI=1S/C17H13NO/c18-16(13-7-2-1-3-8-13)15-11-10-12-6-4-5-9-14(12)17(15)19/h1-11,18-19H. The summed E-state index contributed by atoms with van der Waals surface area (Å²) in [6.07, 6.45) is 0. The molecule has 2 heteroatoms. The molecule has 0 fully saturated rings. The van der Waals surface area contributed by atoms with Crippen LogP contribution in [0.25, 0.3) is 10.8 Å². The number of nitrogens with one attached hydrogen (secondary N) is 1. The number of fused-ring (bicyclic) bond motifs is 1. The van der Waals surface area contributed by atoms with Crippen LogP contribution in [0.4, 0.5) is 0 Å². The molecule has 0 saturated carbocycles. The molecule has 92 valence electrons. The summed E-state index contributed by atoms with van der Waals surface area (Å²) in [7, 11) is 0. The molecule has 0 radical (unpaired) electrons. The van der Waals surface area contributed by atoms with E-state index >= 15 is 0 Å². The first kappa shape index (κ1) is 11.5. The highest BCUT2D eigenvalue weighted by Crippen LogP contribution is 2.29. The van der Waals surface area contributed by atoms with E-state index in [1.54, 1.807) is 6.07 Å². The van der Waals surface area contributed by atoms with Crippen molar-refractivity contribution in [2.45, 2.75) is 0 Å². The maximum Gasteiger partial charge on any atom is 0.132 e. The van der Waals surface area contributed by atoms with Crippen molar-refractivity contribution >= 4 is 16.5 Å². The van der Waals surface area contributed by atoms with E-state index in [9.17, 15) is 5.11 Å². The summed E-state index contributed by atoms with van der Waals surface area (Å²) >= 11 is 0. The molecule has 3 aromatic rings. The molecule has 0 aliphatic carbocycles. The van der Waals surface area contributed by atoms with Crippen LogP contribution in [0, 0.1) is 5.41 Å². The predicted octanol–water partition coefficient (Wildman–Crippen LogP) is 3.96. The Labute approximate surface area is 111 Å². The largest absolute Gasteiger partial charge is 0.507 e. The van der Waals surface area contributed by atoms with Gasteiger partial charge in [-0.3, -0.25) is 5.41 Å². The van der Waals surface area contributed by atoms with Crippen molar-refractivity contribution in [3.8, 4) is 5.75 Å². The van der Waals surface area contributed by atoms with Gasteiger partial charge in [-0.25, -0.2) is 0 Å². The molecule has 0 aliphatic rings. The molecule has 3 aromatic carbocycles. The highest BCUT2D eigenvalue weighted by molar-refractivity contribution is 6.15. The van der Waals surface area contributed by atoms with Gasteiger partial charge in [0.2, 0.25) is 0 Å². The first-order valence-corrected chi connectivity index (χ1v) is 6.12. The lowest BCUT2D eigenvalue weighted by molar-refractivity contribution is 0.480. The molecule has 0 unspecified atom stereocenters. The molecule has 0 spiro atoms. The number of hydrogen-bond acceptors (Lipinski definition) is 2. The zero-order valence-electron chi connectivity index (χ0n) is 10.3. The topological polar surface area (TPSA) is 44.1 Å². The summed E-state index contributed by atoms with van der Waals surface area (Å²) in [4.78, 5) is 0. The summed E-state index contributed by atoms with van der Waals surface area (Å²) < 4.78 is 0. The third-order valence-electron chi connectivity index (χ3n) is 3.23. The number of phenolic OH excluding ortho intramolecular Hbond substituents is 1. The molecular formula is C17H13NO. The molecule has 0 atom stereocenters. The Balaban J connectivity index is 2.16. The molecule has 2 N–H and O–H groups in total. The Bertz CT molecular complexity index is 748. The lowest BCUT2D eigenvalue weighted by Crippen LogP contribution is -2.01. The van der Waals surface area contributed by atoms with E-state index in [1.807, 2.05) is 60.7 Å². The van der Waals surface area contributed by atoms with Crippen molar-refractivity contribution in [3.63, 3.8) is 0 Å². The normalized spacial score (nSPS) is 10.5. The van der Waals surface area contributed by atoms with Crippen LogP contribution in [-0.2, 0) is 0 Å². The third-order valence-corrected chi connectivity index (χ3v) is 3.23. The van der Waals surface area contributed by atoms with Crippen molar-refractivity contribution in [2.75, 3.05) is 0 Å². The van der Waals surface area contributed by atoms with Gasteiger partial charge in [-0.15, -0.1) is 0 Å². The van der Waals surface area contributed by atoms with Gasteiger partial charge in [0, 0.05) is 16.5 Å². The van der Waals surface area contributed by atoms with Crippen molar-refractivity contribution in [1.82, 2.24) is 0 Å². The Morgan fingerprint density at radius 2 is 1.47 bits per heavy atom. The van der Waals surface area contributed by atoms with Gasteiger partial charge in [-0.05, 0) is 11.5 Å². The van der Waals surface area contributed by atoms with Crippen LogP contribution < -0.4 is 0 Å². The maximum atomic E-state index is 10.3. The zero-order chi connectivity index (χ0) is 13.2. The van der Waals surface area contributed by atoms with E-state index in [1.165, 1.54) is 0 Å². The second kappa shape index (κ2) is 4.58. The smallest absolute Gasteiger partial charge is 0.132 e. The van der Waals surface area contributed by atoms with Crippen LogP contribution in [-0.4, -0.2) is 10.8 Å². The minimum absolute atomic E-state index is 0.173. The van der Waals surface area contributed by atoms with Gasteiger partial charge in [0.15, 0.2) is 0 Å². The average Bonchev–Trinajstić information content (AvgIpc) is 2.48. The van der Waals surface area contributed by atoms with Crippen LogP contribution in [0.5, 0.6) is 5.75 Å². The third kappa shape index (κ3) is 1.97. The van der Waals surface area contributed by atoms with Gasteiger partial charge in [0.25, 0.3) is 0 Å². The lowest BCUT2D eigenvalue weighted by Gasteiger charge is -2.09. The van der Waals surface area contributed by atoms with Crippen molar-refractivity contribution < 1.29 is 5.11 Å². The van der Waals surface area contributed by atoms with Crippen LogP contribution in [0.3, 0.4) is 0 Å². The van der Waals surface area contributed by atoms with Crippen molar-refractivity contribution in [3.05, 3.63) is 77.9 Å². The lowest BCUT2D eigenvalue weighted by atomic mass is 9.98. The Morgan fingerprint density at radius 1 is 0.789 bits per heavy atom. The monoisotopic (exact) mass is 247 g/mol. The van der Waals surface area contributed by atoms with E-state index in [0.717, 1.165) is 16.3 Å². The summed E-state index contributed by atoms with van der Waals surface area (Å²) in [6, 6.07) is 20.8. The molecule has 2 nitrogen and oxygen atoms in total. The summed E-state index contributed by atoms with van der Waals surface area (Å²) in [5.74, 6) is 0.173. The Hall–Kier alpha value is -2.61. The fourth-order valence-electron chi connectivity index (χ4n) is 2.22. The van der Waals surface area contributed by atoms with Gasteiger partial charge in [0.1, 0.15) is 5.75 Å². The first-order valence-electron chi connectivity index (χ1n) is 6.12. The Kier molecular flexibility index (Phi) is 2.76. The first-order chi connectivity index (χ1) is 9.27. The number of hydrogen-bond donors (Lipinski definition) is 2. The van der Waals surface area contributed by atoms with Gasteiger partial charge in [-0.2, -0.15) is 0 Å². The molecule has 0 aliphatic heterocycles. The molecule has 0 bridgehead atoms. The van der Waals surface area contributed by atoms with Gasteiger partial charge in [-0.1, -0.05) is 60.7 Å². The van der Waals surface area contributed by atoms with Gasteiger partial charge < -0.3 is 5.11 Å².